The first-order valence-corrected chi connectivity index (χ1v) is 9.74. The first-order chi connectivity index (χ1) is 13.6. The van der Waals surface area contributed by atoms with Gasteiger partial charge < -0.3 is 13.9 Å². The molecule has 1 N–H and O–H groups in total. The normalized spacial score (nSPS) is 11.1. The number of aromatic nitrogens is 4. The number of methoxy groups -OCH3 is 1. The molecule has 1 amide bonds. The lowest BCUT2D eigenvalue weighted by atomic mass is 10.2. The monoisotopic (exact) mass is 398 g/mol. The van der Waals surface area contributed by atoms with Crippen LogP contribution in [0.3, 0.4) is 0 Å². The molecule has 2 heterocycles. The molecule has 0 aliphatic rings. The lowest BCUT2D eigenvalue weighted by Gasteiger charge is -2.07. The van der Waals surface area contributed by atoms with Gasteiger partial charge in [0, 0.05) is 25.4 Å². The Morgan fingerprint density at radius 1 is 1.29 bits per heavy atom. The summed E-state index contributed by atoms with van der Waals surface area (Å²) in [7, 11) is 3.55. The minimum atomic E-state index is -0.202. The average Bonchev–Trinajstić information content (AvgIpc) is 3.32. The lowest BCUT2D eigenvalue weighted by Crippen LogP contribution is -2.20. The van der Waals surface area contributed by atoms with E-state index in [0.717, 1.165) is 22.8 Å². The van der Waals surface area contributed by atoms with Crippen LogP contribution in [0.15, 0.2) is 52.9 Å². The third-order valence-electron chi connectivity index (χ3n) is 4.08. The number of nitrogens with zero attached hydrogens (tertiary/aromatic N) is 5. The largest absolute Gasteiger partial charge is 0.497 e. The average molecular weight is 398 g/mol. The minimum absolute atomic E-state index is 0.200. The maximum atomic E-state index is 12.1. The van der Waals surface area contributed by atoms with Crippen molar-refractivity contribution in [2.45, 2.75) is 18.6 Å². The number of amides is 1. The van der Waals surface area contributed by atoms with Crippen molar-refractivity contribution in [3.63, 3.8) is 0 Å². The van der Waals surface area contributed by atoms with Crippen LogP contribution in [-0.2, 0) is 18.4 Å². The van der Waals surface area contributed by atoms with E-state index < -0.39 is 0 Å². The standard InChI is InChI=1S/C19H22N6O2S/c1-4-25-18(14-7-9-16(27-3)10-8-14)22-23-19(25)28-13-17(26)21-20-12-15-6-5-11-24(15)2/h5-12H,4,13H2,1-3H3,(H,21,26)/b20-12-. The van der Waals surface area contributed by atoms with Gasteiger partial charge in [-0.05, 0) is 43.3 Å². The summed E-state index contributed by atoms with van der Waals surface area (Å²) in [6.07, 6.45) is 3.52. The molecule has 0 atom stereocenters. The Morgan fingerprint density at radius 3 is 2.71 bits per heavy atom. The molecule has 0 bridgehead atoms. The summed E-state index contributed by atoms with van der Waals surface area (Å²) in [5.41, 5.74) is 4.38. The maximum absolute atomic E-state index is 12.1. The fourth-order valence-corrected chi connectivity index (χ4v) is 3.37. The predicted octanol–water partition coefficient (Wildman–Crippen LogP) is 2.55. The topological polar surface area (TPSA) is 86.3 Å². The molecule has 3 aromatic rings. The Balaban J connectivity index is 1.61. The molecule has 0 saturated carbocycles. The molecule has 146 valence electrons. The van der Waals surface area contributed by atoms with Gasteiger partial charge >= 0.3 is 0 Å². The van der Waals surface area contributed by atoms with Crippen molar-refractivity contribution in [1.82, 2.24) is 24.8 Å². The molecular weight excluding hydrogens is 376 g/mol. The molecular formula is C19H22N6O2S. The van der Waals surface area contributed by atoms with Crippen LogP contribution in [0.4, 0.5) is 0 Å². The Kier molecular flexibility index (Phi) is 6.49. The molecule has 8 nitrogen and oxygen atoms in total. The molecule has 1 aromatic carbocycles. The van der Waals surface area contributed by atoms with Crippen molar-refractivity contribution in [3.05, 3.63) is 48.3 Å². The van der Waals surface area contributed by atoms with Crippen LogP contribution < -0.4 is 10.2 Å². The van der Waals surface area contributed by atoms with E-state index >= 15 is 0 Å². The zero-order valence-corrected chi connectivity index (χ0v) is 16.8. The molecule has 0 aliphatic heterocycles. The zero-order valence-electron chi connectivity index (χ0n) is 16.0. The lowest BCUT2D eigenvalue weighted by molar-refractivity contribution is -0.118. The summed E-state index contributed by atoms with van der Waals surface area (Å²) in [5.74, 6) is 1.54. The van der Waals surface area contributed by atoms with Crippen LogP contribution in [0, 0.1) is 0 Å². The predicted molar refractivity (Wildman–Crippen MR) is 110 cm³/mol. The van der Waals surface area contributed by atoms with Gasteiger partial charge in [-0.25, -0.2) is 5.43 Å². The number of hydrazone groups is 1. The van der Waals surface area contributed by atoms with Crippen LogP contribution >= 0.6 is 11.8 Å². The van der Waals surface area contributed by atoms with Crippen LogP contribution in [-0.4, -0.2) is 44.3 Å². The molecule has 0 spiro atoms. The fraction of sp³-hybridized carbons (Fsp3) is 0.263. The third-order valence-corrected chi connectivity index (χ3v) is 5.05. The van der Waals surface area contributed by atoms with Gasteiger partial charge in [-0.3, -0.25) is 4.79 Å². The zero-order chi connectivity index (χ0) is 19.9. The first kappa shape index (κ1) is 19.7. The number of nitrogens with one attached hydrogen (secondary N) is 1. The van der Waals surface area contributed by atoms with E-state index in [2.05, 4.69) is 20.7 Å². The Labute approximate surface area is 167 Å². The summed E-state index contributed by atoms with van der Waals surface area (Å²) < 4.78 is 9.08. The second-order valence-corrected chi connectivity index (χ2v) is 6.85. The molecule has 0 saturated heterocycles. The SMILES string of the molecule is CCn1c(SCC(=O)N/N=C\c2cccn2C)nnc1-c1ccc(OC)cc1. The molecule has 28 heavy (non-hydrogen) atoms. The highest BCUT2D eigenvalue weighted by atomic mass is 32.2. The summed E-state index contributed by atoms with van der Waals surface area (Å²) in [5, 5.41) is 13.2. The van der Waals surface area contributed by atoms with Crippen molar-refractivity contribution in [1.29, 1.82) is 0 Å². The number of hydrogen-bond acceptors (Lipinski definition) is 6. The van der Waals surface area contributed by atoms with Crippen LogP contribution in [0.5, 0.6) is 5.75 Å². The molecule has 9 heteroatoms. The van der Waals surface area contributed by atoms with E-state index in [4.69, 9.17) is 4.74 Å². The van der Waals surface area contributed by atoms with Crippen molar-refractivity contribution < 1.29 is 9.53 Å². The summed E-state index contributed by atoms with van der Waals surface area (Å²) in [4.78, 5) is 12.1. The second-order valence-electron chi connectivity index (χ2n) is 5.90. The highest BCUT2D eigenvalue weighted by molar-refractivity contribution is 7.99. The number of ether oxygens (including phenoxy) is 1. The van der Waals surface area contributed by atoms with E-state index in [1.807, 2.05) is 65.7 Å². The van der Waals surface area contributed by atoms with Gasteiger partial charge in [0.2, 0.25) is 0 Å². The number of carbonyl (C=O) groups excluding carboxylic acids is 1. The number of aryl methyl sites for hydroxylation is 1. The van der Waals surface area contributed by atoms with E-state index in [9.17, 15) is 4.79 Å². The van der Waals surface area contributed by atoms with Gasteiger partial charge in [-0.1, -0.05) is 11.8 Å². The van der Waals surface area contributed by atoms with Gasteiger partial charge in [-0.15, -0.1) is 10.2 Å². The van der Waals surface area contributed by atoms with E-state index in [1.165, 1.54) is 11.8 Å². The van der Waals surface area contributed by atoms with Gasteiger partial charge in [0.05, 0.1) is 24.8 Å². The maximum Gasteiger partial charge on any atom is 0.250 e. The fourth-order valence-electron chi connectivity index (χ4n) is 2.58. The van der Waals surface area contributed by atoms with Crippen molar-refractivity contribution >= 4 is 23.9 Å². The van der Waals surface area contributed by atoms with Crippen LogP contribution in [0.1, 0.15) is 12.6 Å². The highest BCUT2D eigenvalue weighted by Gasteiger charge is 2.14. The van der Waals surface area contributed by atoms with Crippen molar-refractivity contribution in [2.75, 3.05) is 12.9 Å². The van der Waals surface area contributed by atoms with Crippen LogP contribution in [0.25, 0.3) is 11.4 Å². The third kappa shape index (κ3) is 4.61. The first-order valence-electron chi connectivity index (χ1n) is 8.76. The summed E-state index contributed by atoms with van der Waals surface area (Å²) >= 11 is 1.33. The van der Waals surface area contributed by atoms with E-state index in [-0.39, 0.29) is 11.7 Å². The minimum Gasteiger partial charge on any atom is -0.497 e. The van der Waals surface area contributed by atoms with Crippen molar-refractivity contribution in [3.8, 4) is 17.1 Å². The van der Waals surface area contributed by atoms with Gasteiger partial charge in [0.15, 0.2) is 11.0 Å². The van der Waals surface area contributed by atoms with Gasteiger partial charge in [0.1, 0.15) is 5.75 Å². The second kappa shape index (κ2) is 9.23. The molecule has 0 radical (unpaired) electrons. The van der Waals surface area contributed by atoms with Gasteiger partial charge in [0.25, 0.3) is 5.91 Å². The molecule has 3 rings (SSSR count). The smallest absolute Gasteiger partial charge is 0.250 e. The van der Waals surface area contributed by atoms with Gasteiger partial charge in [-0.2, -0.15) is 5.10 Å². The number of rotatable bonds is 8. The molecule has 0 fully saturated rings. The summed E-state index contributed by atoms with van der Waals surface area (Å²) in [6.45, 7) is 2.72. The number of hydrogen-bond donors (Lipinski definition) is 1. The number of benzene rings is 1. The van der Waals surface area contributed by atoms with E-state index in [0.29, 0.717) is 11.7 Å². The Hall–Kier alpha value is -3.07. The number of carbonyl (C=O) groups is 1. The number of thioether (sulfide) groups is 1. The Bertz CT molecular complexity index is 961. The van der Waals surface area contributed by atoms with Crippen LogP contribution in [0.2, 0.25) is 0 Å². The molecule has 0 unspecified atom stereocenters. The van der Waals surface area contributed by atoms with Crippen molar-refractivity contribution in [2.24, 2.45) is 12.1 Å². The Morgan fingerprint density at radius 2 is 2.07 bits per heavy atom. The quantitative estimate of drug-likeness (QED) is 0.358. The molecule has 0 aliphatic carbocycles. The molecule has 2 aromatic heterocycles. The highest BCUT2D eigenvalue weighted by Crippen LogP contribution is 2.25. The van der Waals surface area contributed by atoms with E-state index in [1.54, 1.807) is 13.3 Å². The summed E-state index contributed by atoms with van der Waals surface area (Å²) in [6, 6.07) is 11.5.